The summed E-state index contributed by atoms with van der Waals surface area (Å²) in [5.74, 6) is -0.779. The molecule has 3 aromatic rings. The zero-order chi connectivity index (χ0) is 23.8. The number of amides is 1. The summed E-state index contributed by atoms with van der Waals surface area (Å²) in [6.07, 6.45) is 0.179. The van der Waals surface area contributed by atoms with E-state index in [0.717, 1.165) is 11.1 Å². The van der Waals surface area contributed by atoms with E-state index in [9.17, 15) is 18.0 Å². The van der Waals surface area contributed by atoms with Gasteiger partial charge >= 0.3 is 16.1 Å². The third kappa shape index (κ3) is 7.18. The molecule has 1 amide bonds. The molecular formula is C25H25NO6S. The molecule has 1 atom stereocenters. The summed E-state index contributed by atoms with van der Waals surface area (Å²) >= 11 is 0. The average molecular weight is 468 g/mol. The van der Waals surface area contributed by atoms with Crippen molar-refractivity contribution in [1.29, 1.82) is 0 Å². The lowest BCUT2D eigenvalue weighted by molar-refractivity contribution is -0.149. The van der Waals surface area contributed by atoms with Crippen molar-refractivity contribution in [3.05, 3.63) is 95.6 Å². The van der Waals surface area contributed by atoms with Gasteiger partial charge in [-0.15, -0.1) is 0 Å². The quantitative estimate of drug-likeness (QED) is 0.382. The van der Waals surface area contributed by atoms with Crippen LogP contribution < -0.4 is 9.50 Å². The molecule has 0 bridgehead atoms. The van der Waals surface area contributed by atoms with Crippen LogP contribution in [0.25, 0.3) is 0 Å². The number of nitrogens with one attached hydrogen (secondary N) is 1. The fourth-order valence-corrected chi connectivity index (χ4v) is 3.99. The van der Waals surface area contributed by atoms with E-state index in [1.165, 1.54) is 31.2 Å². The average Bonchev–Trinajstić information content (AvgIpc) is 2.79. The number of esters is 1. The minimum absolute atomic E-state index is 0.0593. The van der Waals surface area contributed by atoms with Crippen LogP contribution in [0.4, 0.5) is 0 Å². The number of ether oxygens (including phenoxy) is 1. The Morgan fingerprint density at radius 2 is 1.52 bits per heavy atom. The van der Waals surface area contributed by atoms with Gasteiger partial charge in [-0.3, -0.25) is 4.79 Å². The summed E-state index contributed by atoms with van der Waals surface area (Å²) in [4.78, 5) is 24.2. The van der Waals surface area contributed by atoms with Crippen LogP contribution >= 0.6 is 0 Å². The lowest BCUT2D eigenvalue weighted by atomic mass is 10.1. The van der Waals surface area contributed by atoms with Gasteiger partial charge in [0.05, 0.1) is 0 Å². The Balaban J connectivity index is 1.65. The molecule has 8 heteroatoms. The summed E-state index contributed by atoms with van der Waals surface area (Å²) in [6, 6.07) is 21.0. The lowest BCUT2D eigenvalue weighted by Gasteiger charge is -2.17. The Kier molecular flexibility index (Phi) is 7.84. The number of carbonyl (C=O) groups excluding carboxylic acids is 2. The summed E-state index contributed by atoms with van der Waals surface area (Å²) < 4.78 is 35.4. The zero-order valence-corrected chi connectivity index (χ0v) is 19.2. The van der Waals surface area contributed by atoms with E-state index >= 15 is 0 Å². The predicted molar refractivity (Wildman–Crippen MR) is 123 cm³/mol. The molecule has 172 valence electrons. The van der Waals surface area contributed by atoms with Crippen molar-refractivity contribution in [1.82, 2.24) is 5.32 Å². The van der Waals surface area contributed by atoms with Crippen LogP contribution in [0.5, 0.6) is 5.75 Å². The first-order valence-corrected chi connectivity index (χ1v) is 11.7. The van der Waals surface area contributed by atoms with Gasteiger partial charge in [0.1, 0.15) is 23.3 Å². The smallest absolute Gasteiger partial charge is 0.339 e. The molecule has 1 N–H and O–H groups in total. The molecule has 0 aliphatic heterocycles. The van der Waals surface area contributed by atoms with Gasteiger partial charge in [0, 0.05) is 13.3 Å². The van der Waals surface area contributed by atoms with E-state index in [-0.39, 0.29) is 29.6 Å². The molecule has 0 saturated carbocycles. The van der Waals surface area contributed by atoms with E-state index in [1.54, 1.807) is 24.3 Å². The summed E-state index contributed by atoms with van der Waals surface area (Å²) in [5.41, 5.74) is 2.48. The highest BCUT2D eigenvalue weighted by molar-refractivity contribution is 7.87. The predicted octanol–water partition coefficient (Wildman–Crippen LogP) is 3.55. The van der Waals surface area contributed by atoms with Crippen LogP contribution in [-0.2, 0) is 37.5 Å². The fourth-order valence-electron chi connectivity index (χ4n) is 3.06. The fraction of sp³-hybridized carbons (Fsp3) is 0.200. The van der Waals surface area contributed by atoms with Crippen molar-refractivity contribution in [3.63, 3.8) is 0 Å². The third-order valence-electron chi connectivity index (χ3n) is 4.76. The molecule has 0 aromatic heterocycles. The summed E-state index contributed by atoms with van der Waals surface area (Å²) in [6.45, 7) is 3.28. The van der Waals surface area contributed by atoms with Gasteiger partial charge in [0.15, 0.2) is 0 Å². The number of carbonyl (C=O) groups is 2. The van der Waals surface area contributed by atoms with Gasteiger partial charge in [0.2, 0.25) is 5.91 Å². The third-order valence-corrected chi connectivity index (χ3v) is 6.03. The van der Waals surface area contributed by atoms with Gasteiger partial charge in [-0.25, -0.2) is 4.79 Å². The first kappa shape index (κ1) is 24.0. The minimum atomic E-state index is -3.96. The van der Waals surface area contributed by atoms with Crippen molar-refractivity contribution in [3.8, 4) is 5.75 Å². The number of aryl methyl sites for hydroxylation is 1. The zero-order valence-electron chi connectivity index (χ0n) is 18.4. The highest BCUT2D eigenvalue weighted by Crippen LogP contribution is 2.20. The maximum absolute atomic E-state index is 12.6. The standard InChI is InChI=1S/C25H25NO6S/c1-18-8-14-23(15-9-18)33(29,30)32-22-12-10-20(11-13-22)16-24(26-19(2)27)25(28)31-17-21-6-4-3-5-7-21/h3-15,24H,16-17H2,1-2H3,(H,26,27). The van der Waals surface area contributed by atoms with Crippen molar-refractivity contribution < 1.29 is 26.9 Å². The molecular weight excluding hydrogens is 442 g/mol. The maximum Gasteiger partial charge on any atom is 0.339 e. The Morgan fingerprint density at radius 3 is 2.12 bits per heavy atom. The molecule has 3 rings (SSSR count). The normalized spacial score (nSPS) is 11.9. The van der Waals surface area contributed by atoms with Crippen LogP contribution in [0, 0.1) is 6.92 Å². The molecule has 3 aromatic carbocycles. The molecule has 0 aliphatic carbocycles. The second-order valence-electron chi connectivity index (χ2n) is 7.55. The van der Waals surface area contributed by atoms with E-state index in [4.69, 9.17) is 8.92 Å². The van der Waals surface area contributed by atoms with Crippen molar-refractivity contribution in [2.24, 2.45) is 0 Å². The molecule has 0 saturated heterocycles. The van der Waals surface area contributed by atoms with E-state index < -0.39 is 22.1 Å². The van der Waals surface area contributed by atoms with Gasteiger partial charge in [-0.1, -0.05) is 60.2 Å². The van der Waals surface area contributed by atoms with E-state index in [0.29, 0.717) is 5.56 Å². The highest BCUT2D eigenvalue weighted by Gasteiger charge is 2.22. The van der Waals surface area contributed by atoms with Gasteiger partial charge in [-0.2, -0.15) is 8.42 Å². The summed E-state index contributed by atoms with van der Waals surface area (Å²) in [5, 5.41) is 2.60. The van der Waals surface area contributed by atoms with Crippen molar-refractivity contribution in [2.75, 3.05) is 0 Å². The van der Waals surface area contributed by atoms with Gasteiger partial charge in [-0.05, 0) is 42.3 Å². The SMILES string of the molecule is CC(=O)NC(Cc1ccc(OS(=O)(=O)c2ccc(C)cc2)cc1)C(=O)OCc1ccccc1. The van der Waals surface area contributed by atoms with Crippen LogP contribution in [0.15, 0.2) is 83.8 Å². The topological polar surface area (TPSA) is 98.8 Å². The molecule has 0 spiro atoms. The maximum atomic E-state index is 12.6. The first-order chi connectivity index (χ1) is 15.7. The van der Waals surface area contributed by atoms with Crippen LogP contribution in [0.2, 0.25) is 0 Å². The van der Waals surface area contributed by atoms with Crippen molar-refractivity contribution >= 4 is 22.0 Å². The lowest BCUT2D eigenvalue weighted by Crippen LogP contribution is -2.42. The van der Waals surface area contributed by atoms with Gasteiger partial charge in [0.25, 0.3) is 0 Å². The molecule has 1 unspecified atom stereocenters. The Hall–Kier alpha value is -3.65. The van der Waals surface area contributed by atoms with E-state index in [1.807, 2.05) is 37.3 Å². The number of hydrogen-bond acceptors (Lipinski definition) is 6. The first-order valence-electron chi connectivity index (χ1n) is 10.3. The molecule has 7 nitrogen and oxygen atoms in total. The van der Waals surface area contributed by atoms with Crippen LogP contribution in [-0.4, -0.2) is 26.3 Å². The molecule has 0 fully saturated rings. The molecule has 0 heterocycles. The monoisotopic (exact) mass is 467 g/mol. The second kappa shape index (κ2) is 10.8. The second-order valence-corrected chi connectivity index (χ2v) is 9.09. The largest absolute Gasteiger partial charge is 0.459 e. The Bertz CT molecular complexity index is 1190. The molecule has 0 radical (unpaired) electrons. The molecule has 33 heavy (non-hydrogen) atoms. The Morgan fingerprint density at radius 1 is 0.879 bits per heavy atom. The van der Waals surface area contributed by atoms with Crippen LogP contribution in [0.1, 0.15) is 23.6 Å². The summed E-state index contributed by atoms with van der Waals surface area (Å²) in [7, 11) is -3.96. The van der Waals surface area contributed by atoms with Gasteiger partial charge < -0.3 is 14.2 Å². The Labute approximate surface area is 193 Å². The van der Waals surface area contributed by atoms with Crippen molar-refractivity contribution in [2.45, 2.75) is 37.8 Å². The number of benzene rings is 3. The van der Waals surface area contributed by atoms with E-state index in [2.05, 4.69) is 5.32 Å². The van der Waals surface area contributed by atoms with Crippen LogP contribution in [0.3, 0.4) is 0 Å². The number of rotatable bonds is 9. The minimum Gasteiger partial charge on any atom is -0.459 e. The molecule has 0 aliphatic rings. The highest BCUT2D eigenvalue weighted by atomic mass is 32.2. The number of hydrogen-bond donors (Lipinski definition) is 1.